The topological polar surface area (TPSA) is 9.23 Å². The van der Waals surface area contributed by atoms with Crippen molar-refractivity contribution in [3.63, 3.8) is 0 Å². The fourth-order valence-electron chi connectivity index (χ4n) is 1.36. The van der Waals surface area contributed by atoms with E-state index < -0.39 is 0 Å². The van der Waals surface area contributed by atoms with Gasteiger partial charge in [0.25, 0.3) is 0 Å². The summed E-state index contributed by atoms with van der Waals surface area (Å²) in [4.78, 5) is 0. The third kappa shape index (κ3) is 1.86. The first-order chi connectivity index (χ1) is 5.47. The molecule has 2 rings (SSSR count). The Morgan fingerprint density at radius 2 is 2.18 bits per heavy atom. The fraction of sp³-hybridized carbons (Fsp3) is 0.600. The predicted molar refractivity (Wildman–Crippen MR) is 47.3 cm³/mol. The molecule has 2 aliphatic rings. The molecule has 0 aromatic rings. The normalized spacial score (nSPS) is 20.2. The molecule has 62 valence electrons. The quantitative estimate of drug-likeness (QED) is 0.518. The molecule has 0 radical (unpaired) electrons. The highest BCUT2D eigenvalue weighted by atomic mass is 16.5. The zero-order valence-corrected chi connectivity index (χ0v) is 7.39. The molecule has 0 fully saturated rings. The summed E-state index contributed by atoms with van der Waals surface area (Å²) >= 11 is 0. The second kappa shape index (κ2) is 4.22. The summed E-state index contributed by atoms with van der Waals surface area (Å²) in [6, 6.07) is 0. The minimum Gasteiger partial charge on any atom is -0.497 e. The van der Waals surface area contributed by atoms with Gasteiger partial charge in [-0.05, 0) is 18.4 Å². The number of ether oxygens (including phenoxy) is 1. The zero-order chi connectivity index (χ0) is 8.10. The van der Waals surface area contributed by atoms with E-state index >= 15 is 0 Å². The lowest BCUT2D eigenvalue weighted by molar-refractivity contribution is 0.187. The molecule has 0 N–H and O–H groups in total. The Hall–Kier alpha value is -0.720. The standard InChI is InChI=1S/C8H10O.C2H6/c1-3-7-4-2-6-9-8(7)5-1;1-2/h1,3H,2,4-6H2;1-2H3. The van der Waals surface area contributed by atoms with Crippen LogP contribution in [0.15, 0.2) is 23.5 Å². The molecule has 0 aromatic heterocycles. The second-order valence-electron chi connectivity index (χ2n) is 2.51. The van der Waals surface area contributed by atoms with Crippen molar-refractivity contribution < 1.29 is 4.74 Å². The number of hydrogen-bond donors (Lipinski definition) is 0. The highest BCUT2D eigenvalue weighted by Gasteiger charge is 2.13. The van der Waals surface area contributed by atoms with Crippen molar-refractivity contribution in [3.8, 4) is 0 Å². The Balaban J connectivity index is 0.000000281. The third-order valence-electron chi connectivity index (χ3n) is 1.85. The van der Waals surface area contributed by atoms with Crippen LogP contribution in [0.2, 0.25) is 0 Å². The summed E-state index contributed by atoms with van der Waals surface area (Å²) in [5, 5.41) is 0. The molecule has 0 unspecified atom stereocenters. The van der Waals surface area contributed by atoms with Crippen LogP contribution in [0, 0.1) is 0 Å². The van der Waals surface area contributed by atoms with Crippen LogP contribution in [0.5, 0.6) is 0 Å². The van der Waals surface area contributed by atoms with Crippen molar-refractivity contribution in [3.05, 3.63) is 23.5 Å². The van der Waals surface area contributed by atoms with Gasteiger partial charge in [-0.1, -0.05) is 26.0 Å². The molecule has 11 heavy (non-hydrogen) atoms. The van der Waals surface area contributed by atoms with Crippen LogP contribution >= 0.6 is 0 Å². The Bertz CT molecular complexity index is 177. The van der Waals surface area contributed by atoms with Gasteiger partial charge in [-0.2, -0.15) is 0 Å². The maximum atomic E-state index is 5.42. The second-order valence-corrected chi connectivity index (χ2v) is 2.51. The first-order valence-electron chi connectivity index (χ1n) is 4.48. The SMILES string of the molecule is C1=CC2=C(C1)OCCC2.CC. The summed E-state index contributed by atoms with van der Waals surface area (Å²) in [6.45, 7) is 4.93. The molecule has 1 nitrogen and oxygen atoms in total. The molecule has 0 saturated carbocycles. The van der Waals surface area contributed by atoms with Gasteiger partial charge in [-0.25, -0.2) is 0 Å². The van der Waals surface area contributed by atoms with Gasteiger partial charge in [-0.15, -0.1) is 0 Å². The smallest absolute Gasteiger partial charge is 0.103 e. The van der Waals surface area contributed by atoms with E-state index in [-0.39, 0.29) is 0 Å². The van der Waals surface area contributed by atoms with Gasteiger partial charge in [0.2, 0.25) is 0 Å². The Labute approximate surface area is 68.8 Å². The van der Waals surface area contributed by atoms with Crippen molar-refractivity contribution in [2.45, 2.75) is 33.1 Å². The fourth-order valence-corrected chi connectivity index (χ4v) is 1.36. The molecular formula is C10H16O. The lowest BCUT2D eigenvalue weighted by atomic mass is 10.1. The average Bonchev–Trinajstić information content (AvgIpc) is 2.55. The summed E-state index contributed by atoms with van der Waals surface area (Å²) in [5.74, 6) is 1.22. The van der Waals surface area contributed by atoms with Crippen molar-refractivity contribution >= 4 is 0 Å². The van der Waals surface area contributed by atoms with E-state index in [1.165, 1.54) is 24.2 Å². The molecular weight excluding hydrogens is 136 g/mol. The van der Waals surface area contributed by atoms with Crippen LogP contribution < -0.4 is 0 Å². The largest absolute Gasteiger partial charge is 0.497 e. The van der Waals surface area contributed by atoms with Crippen molar-refractivity contribution in [2.75, 3.05) is 6.61 Å². The van der Waals surface area contributed by atoms with E-state index in [0.717, 1.165) is 13.0 Å². The van der Waals surface area contributed by atoms with Gasteiger partial charge >= 0.3 is 0 Å². The van der Waals surface area contributed by atoms with E-state index in [1.54, 1.807) is 0 Å². The van der Waals surface area contributed by atoms with Crippen LogP contribution in [0.1, 0.15) is 33.1 Å². The van der Waals surface area contributed by atoms with Gasteiger partial charge in [0.1, 0.15) is 5.76 Å². The van der Waals surface area contributed by atoms with E-state index in [9.17, 15) is 0 Å². The Kier molecular flexibility index (Phi) is 3.21. The van der Waals surface area contributed by atoms with E-state index in [4.69, 9.17) is 4.74 Å². The molecule has 0 bridgehead atoms. The van der Waals surface area contributed by atoms with Crippen molar-refractivity contribution in [2.24, 2.45) is 0 Å². The average molecular weight is 152 g/mol. The molecule has 1 heterocycles. The lowest BCUT2D eigenvalue weighted by Crippen LogP contribution is -2.02. The van der Waals surface area contributed by atoms with Crippen molar-refractivity contribution in [1.29, 1.82) is 0 Å². The van der Waals surface area contributed by atoms with E-state index in [0.29, 0.717) is 0 Å². The molecule has 0 aromatic carbocycles. The summed E-state index contributed by atoms with van der Waals surface area (Å²) in [5.41, 5.74) is 1.43. The summed E-state index contributed by atoms with van der Waals surface area (Å²) < 4.78 is 5.42. The van der Waals surface area contributed by atoms with E-state index in [1.807, 2.05) is 13.8 Å². The van der Waals surface area contributed by atoms with Crippen molar-refractivity contribution in [1.82, 2.24) is 0 Å². The van der Waals surface area contributed by atoms with Gasteiger partial charge in [0, 0.05) is 6.42 Å². The van der Waals surface area contributed by atoms with Gasteiger partial charge in [0.05, 0.1) is 6.61 Å². The summed E-state index contributed by atoms with van der Waals surface area (Å²) in [6.07, 6.45) is 7.83. The first kappa shape index (κ1) is 8.38. The molecule has 0 atom stereocenters. The van der Waals surface area contributed by atoms with Gasteiger partial charge < -0.3 is 4.74 Å². The van der Waals surface area contributed by atoms with Crippen LogP contribution in [0.4, 0.5) is 0 Å². The molecule has 1 aliphatic carbocycles. The maximum Gasteiger partial charge on any atom is 0.103 e. The third-order valence-corrected chi connectivity index (χ3v) is 1.85. The van der Waals surface area contributed by atoms with Crippen LogP contribution in [0.3, 0.4) is 0 Å². The highest BCUT2D eigenvalue weighted by molar-refractivity contribution is 5.31. The predicted octanol–water partition coefficient (Wildman–Crippen LogP) is 3.04. The number of rotatable bonds is 0. The molecule has 0 spiro atoms. The monoisotopic (exact) mass is 152 g/mol. The van der Waals surface area contributed by atoms with Gasteiger partial charge in [-0.3, -0.25) is 0 Å². The minimum atomic E-state index is 0.931. The molecule has 0 saturated heterocycles. The lowest BCUT2D eigenvalue weighted by Gasteiger charge is -2.14. The summed E-state index contributed by atoms with van der Waals surface area (Å²) in [7, 11) is 0. The maximum absolute atomic E-state index is 5.42. The Morgan fingerprint density at radius 1 is 1.36 bits per heavy atom. The van der Waals surface area contributed by atoms with Crippen LogP contribution in [0.25, 0.3) is 0 Å². The van der Waals surface area contributed by atoms with E-state index in [2.05, 4.69) is 12.2 Å². The van der Waals surface area contributed by atoms with Crippen LogP contribution in [-0.2, 0) is 4.74 Å². The highest BCUT2D eigenvalue weighted by Crippen LogP contribution is 2.27. The number of allylic oxidation sites excluding steroid dienone is 3. The molecule has 1 aliphatic heterocycles. The number of hydrogen-bond acceptors (Lipinski definition) is 1. The van der Waals surface area contributed by atoms with Gasteiger partial charge in [0.15, 0.2) is 0 Å². The minimum absolute atomic E-state index is 0.931. The molecule has 1 heteroatoms. The van der Waals surface area contributed by atoms with Crippen LogP contribution in [-0.4, -0.2) is 6.61 Å². The zero-order valence-electron chi connectivity index (χ0n) is 7.39. The first-order valence-corrected chi connectivity index (χ1v) is 4.48. The molecule has 0 amide bonds. The Morgan fingerprint density at radius 3 is 2.91 bits per heavy atom.